The second-order valence-electron chi connectivity index (χ2n) is 5.50. The van der Waals surface area contributed by atoms with Gasteiger partial charge in [-0.1, -0.05) is 29.8 Å². The zero-order chi connectivity index (χ0) is 18.1. The third-order valence-corrected chi connectivity index (χ3v) is 5.57. The Labute approximate surface area is 153 Å². The molecule has 0 aliphatic rings. The van der Waals surface area contributed by atoms with Crippen LogP contribution in [-0.2, 0) is 4.74 Å². The Hall–Kier alpha value is -2.37. The van der Waals surface area contributed by atoms with E-state index in [-0.39, 0.29) is 10.4 Å². The first-order chi connectivity index (χ1) is 11.9. The monoisotopic (exact) mass is 374 g/mol. The fraction of sp³-hybridized carbons (Fsp3) is 0.158. The third-order valence-electron chi connectivity index (χ3n) is 3.87. The number of thiophene rings is 1. The van der Waals surface area contributed by atoms with Gasteiger partial charge in [0.25, 0.3) is 0 Å². The summed E-state index contributed by atoms with van der Waals surface area (Å²) in [5.74, 6) is -0.780. The van der Waals surface area contributed by atoms with Crippen molar-refractivity contribution >= 4 is 45.0 Å². The topological polar surface area (TPSA) is 52.6 Å². The number of para-hydroxylation sites is 1. The van der Waals surface area contributed by atoms with E-state index >= 15 is 0 Å². The fourth-order valence-electron chi connectivity index (χ4n) is 2.63. The average Bonchev–Trinajstić information content (AvgIpc) is 3.01. The van der Waals surface area contributed by atoms with Crippen LogP contribution in [0.4, 0.5) is 0 Å². The molecule has 0 saturated heterocycles. The summed E-state index contributed by atoms with van der Waals surface area (Å²) in [6, 6.07) is 10.5. The number of fused-ring (bicyclic) bond motifs is 1. The molecule has 0 fully saturated rings. The summed E-state index contributed by atoms with van der Waals surface area (Å²) in [7, 11) is 1.28. The maximum Gasteiger partial charge on any atom is 0.348 e. The highest BCUT2D eigenvalue weighted by atomic mass is 35.5. The van der Waals surface area contributed by atoms with Crippen LogP contribution in [0.1, 0.15) is 31.2 Å². The SMILES string of the molecule is COC(=O)c1sc2c(C)cc(Cl)c(C)c2c1C(=O)Oc1ccccc1. The molecule has 0 saturated carbocycles. The summed E-state index contributed by atoms with van der Waals surface area (Å²) in [6.45, 7) is 3.70. The lowest BCUT2D eigenvalue weighted by Gasteiger charge is -2.08. The van der Waals surface area contributed by atoms with Crippen molar-refractivity contribution in [3.05, 3.63) is 63.0 Å². The van der Waals surface area contributed by atoms with Gasteiger partial charge in [-0.25, -0.2) is 9.59 Å². The van der Waals surface area contributed by atoms with Crippen LogP contribution in [0, 0.1) is 13.8 Å². The minimum Gasteiger partial charge on any atom is -0.465 e. The summed E-state index contributed by atoms with van der Waals surface area (Å²) < 4.78 is 11.1. The van der Waals surface area contributed by atoms with Gasteiger partial charge in [-0.05, 0) is 43.2 Å². The Kier molecular flexibility index (Phi) is 4.79. The second-order valence-corrected chi connectivity index (χ2v) is 6.93. The van der Waals surface area contributed by atoms with Gasteiger partial charge in [0.05, 0.1) is 12.7 Å². The molecule has 3 aromatic rings. The van der Waals surface area contributed by atoms with Gasteiger partial charge in [-0.2, -0.15) is 0 Å². The van der Waals surface area contributed by atoms with E-state index in [1.54, 1.807) is 24.3 Å². The number of carbonyl (C=O) groups excluding carboxylic acids is 2. The molecular formula is C19H15ClO4S. The Bertz CT molecular complexity index is 976. The number of rotatable bonds is 3. The zero-order valence-corrected chi connectivity index (χ0v) is 15.5. The smallest absolute Gasteiger partial charge is 0.348 e. The van der Waals surface area contributed by atoms with Gasteiger partial charge in [0, 0.05) is 15.1 Å². The van der Waals surface area contributed by atoms with Gasteiger partial charge in [-0.15, -0.1) is 11.3 Å². The summed E-state index contributed by atoms with van der Waals surface area (Å²) in [5.41, 5.74) is 1.81. The number of esters is 2. The molecule has 0 atom stereocenters. The van der Waals surface area contributed by atoms with Crippen molar-refractivity contribution in [2.75, 3.05) is 7.11 Å². The molecule has 2 aromatic carbocycles. The van der Waals surface area contributed by atoms with Crippen molar-refractivity contribution in [3.8, 4) is 5.75 Å². The van der Waals surface area contributed by atoms with Crippen molar-refractivity contribution < 1.29 is 19.1 Å². The van der Waals surface area contributed by atoms with E-state index in [1.807, 2.05) is 26.0 Å². The van der Waals surface area contributed by atoms with Crippen LogP contribution in [0.15, 0.2) is 36.4 Å². The van der Waals surface area contributed by atoms with Crippen LogP contribution in [0.2, 0.25) is 5.02 Å². The van der Waals surface area contributed by atoms with Crippen LogP contribution in [0.3, 0.4) is 0 Å². The summed E-state index contributed by atoms with van der Waals surface area (Å²) in [5, 5.41) is 1.17. The standard InChI is InChI=1S/C19H15ClO4S/c1-10-9-13(20)11(2)14-15(17(19(22)23-3)25-16(10)14)18(21)24-12-7-5-4-6-8-12/h4-9H,1-3H3. The van der Waals surface area contributed by atoms with E-state index in [1.165, 1.54) is 18.4 Å². The molecule has 1 heterocycles. The number of ether oxygens (including phenoxy) is 2. The molecule has 0 amide bonds. The van der Waals surface area contributed by atoms with Gasteiger partial charge in [0.1, 0.15) is 10.6 Å². The average molecular weight is 375 g/mol. The molecule has 0 bridgehead atoms. The molecule has 0 aliphatic carbocycles. The number of methoxy groups -OCH3 is 1. The van der Waals surface area contributed by atoms with E-state index in [2.05, 4.69) is 0 Å². The predicted octanol–water partition coefficient (Wildman–Crippen LogP) is 5.18. The quantitative estimate of drug-likeness (QED) is 0.468. The first kappa shape index (κ1) is 17.5. The third kappa shape index (κ3) is 3.13. The number of hydrogen-bond donors (Lipinski definition) is 0. The molecule has 128 valence electrons. The van der Waals surface area contributed by atoms with Crippen LogP contribution < -0.4 is 4.74 Å². The normalized spacial score (nSPS) is 10.7. The van der Waals surface area contributed by atoms with E-state index < -0.39 is 11.9 Å². The van der Waals surface area contributed by atoms with E-state index in [4.69, 9.17) is 21.1 Å². The van der Waals surface area contributed by atoms with Crippen molar-refractivity contribution in [1.29, 1.82) is 0 Å². The molecule has 6 heteroatoms. The van der Waals surface area contributed by atoms with Gasteiger partial charge in [0.15, 0.2) is 0 Å². The maximum absolute atomic E-state index is 12.8. The molecule has 25 heavy (non-hydrogen) atoms. The number of halogens is 1. The molecular weight excluding hydrogens is 360 g/mol. The molecule has 0 N–H and O–H groups in total. The Morgan fingerprint density at radius 1 is 1.08 bits per heavy atom. The lowest BCUT2D eigenvalue weighted by molar-refractivity contribution is 0.0594. The Morgan fingerprint density at radius 3 is 2.40 bits per heavy atom. The second kappa shape index (κ2) is 6.86. The van der Waals surface area contributed by atoms with Gasteiger partial charge in [-0.3, -0.25) is 0 Å². The molecule has 0 spiro atoms. The van der Waals surface area contributed by atoms with Crippen molar-refractivity contribution in [2.45, 2.75) is 13.8 Å². The van der Waals surface area contributed by atoms with Crippen LogP contribution in [-0.4, -0.2) is 19.0 Å². The van der Waals surface area contributed by atoms with E-state index in [0.717, 1.165) is 15.8 Å². The minimum absolute atomic E-state index is 0.193. The van der Waals surface area contributed by atoms with Crippen molar-refractivity contribution in [2.24, 2.45) is 0 Å². The predicted molar refractivity (Wildman–Crippen MR) is 99.0 cm³/mol. The number of hydrogen-bond acceptors (Lipinski definition) is 5. The highest BCUT2D eigenvalue weighted by Gasteiger charge is 2.28. The lowest BCUT2D eigenvalue weighted by atomic mass is 10.0. The summed E-state index contributed by atoms with van der Waals surface area (Å²) >= 11 is 7.50. The van der Waals surface area contributed by atoms with E-state index in [0.29, 0.717) is 16.2 Å². The number of carbonyl (C=O) groups is 2. The highest BCUT2D eigenvalue weighted by molar-refractivity contribution is 7.21. The fourth-order valence-corrected chi connectivity index (χ4v) is 4.12. The Morgan fingerprint density at radius 2 is 1.76 bits per heavy atom. The van der Waals surface area contributed by atoms with Crippen molar-refractivity contribution in [1.82, 2.24) is 0 Å². The van der Waals surface area contributed by atoms with Crippen molar-refractivity contribution in [3.63, 3.8) is 0 Å². The lowest BCUT2D eigenvalue weighted by Crippen LogP contribution is -2.13. The molecule has 0 radical (unpaired) electrons. The maximum atomic E-state index is 12.8. The number of aryl methyl sites for hydroxylation is 2. The van der Waals surface area contributed by atoms with Crippen LogP contribution in [0.25, 0.3) is 10.1 Å². The molecule has 3 rings (SSSR count). The van der Waals surface area contributed by atoms with Gasteiger partial charge in [0.2, 0.25) is 0 Å². The van der Waals surface area contributed by atoms with Crippen LogP contribution in [0.5, 0.6) is 5.75 Å². The van der Waals surface area contributed by atoms with Gasteiger partial charge >= 0.3 is 11.9 Å². The molecule has 0 unspecified atom stereocenters. The first-order valence-corrected chi connectivity index (χ1v) is 8.71. The first-order valence-electron chi connectivity index (χ1n) is 7.51. The zero-order valence-electron chi connectivity index (χ0n) is 13.9. The molecule has 0 aliphatic heterocycles. The summed E-state index contributed by atoms with van der Waals surface area (Å²) in [6.07, 6.45) is 0. The minimum atomic E-state index is -0.609. The van der Waals surface area contributed by atoms with Crippen LogP contribution >= 0.6 is 22.9 Å². The van der Waals surface area contributed by atoms with E-state index in [9.17, 15) is 9.59 Å². The molecule has 4 nitrogen and oxygen atoms in total. The molecule has 1 aromatic heterocycles. The highest BCUT2D eigenvalue weighted by Crippen LogP contribution is 2.39. The van der Waals surface area contributed by atoms with Gasteiger partial charge < -0.3 is 9.47 Å². The summed E-state index contributed by atoms with van der Waals surface area (Å²) in [4.78, 5) is 25.3. The Balaban J connectivity index is 2.23. The largest absolute Gasteiger partial charge is 0.465 e. The number of benzene rings is 2.